The number of carbonyl (C=O) groups is 1. The normalized spacial score (nSPS) is 19.3. The zero-order valence-corrected chi connectivity index (χ0v) is 17.7. The van der Waals surface area contributed by atoms with Crippen LogP contribution in [0.15, 0.2) is 59.6 Å². The Hall–Kier alpha value is -3.17. The molecule has 0 radical (unpaired) electrons. The van der Waals surface area contributed by atoms with Gasteiger partial charge in [0.15, 0.2) is 0 Å². The zero-order chi connectivity index (χ0) is 20.9. The number of hydrogen-bond donors (Lipinski definition) is 1. The quantitative estimate of drug-likeness (QED) is 0.459. The van der Waals surface area contributed by atoms with Crippen molar-refractivity contribution < 1.29 is 4.79 Å². The van der Waals surface area contributed by atoms with Gasteiger partial charge in [-0.25, -0.2) is 4.68 Å². The first kappa shape index (κ1) is 20.1. The van der Waals surface area contributed by atoms with Crippen LogP contribution in [-0.4, -0.2) is 21.7 Å². The van der Waals surface area contributed by atoms with Gasteiger partial charge < -0.3 is 5.32 Å². The third kappa shape index (κ3) is 4.37. The van der Waals surface area contributed by atoms with E-state index < -0.39 is 0 Å². The van der Waals surface area contributed by atoms with Gasteiger partial charge in [0, 0.05) is 17.8 Å². The second-order valence-corrected chi connectivity index (χ2v) is 8.65. The molecule has 152 valence electrons. The molecule has 2 atom stereocenters. The molecule has 1 amide bonds. The number of nitrogens with one attached hydrogen (secondary N) is 1. The number of hydrogen-bond acceptors (Lipinski definition) is 4. The number of amides is 1. The maximum absolute atomic E-state index is 12.8. The van der Waals surface area contributed by atoms with E-state index >= 15 is 0 Å². The fourth-order valence-electron chi connectivity index (χ4n) is 3.89. The van der Waals surface area contributed by atoms with Crippen LogP contribution >= 0.6 is 11.3 Å². The van der Waals surface area contributed by atoms with Crippen molar-refractivity contribution in [2.45, 2.75) is 38.6 Å². The summed E-state index contributed by atoms with van der Waals surface area (Å²) in [6.07, 6.45) is 7.94. The topological polar surface area (TPSA) is 70.7 Å². The van der Waals surface area contributed by atoms with Crippen molar-refractivity contribution in [1.29, 1.82) is 5.26 Å². The number of nitrogens with zero attached hydrogens (tertiary/aromatic N) is 3. The van der Waals surface area contributed by atoms with E-state index in [1.54, 1.807) is 22.1 Å². The first-order chi connectivity index (χ1) is 14.7. The van der Waals surface area contributed by atoms with E-state index in [-0.39, 0.29) is 17.5 Å². The van der Waals surface area contributed by atoms with Gasteiger partial charge in [-0.2, -0.15) is 10.4 Å². The lowest BCUT2D eigenvalue weighted by atomic mass is 9.86. The number of benzene rings is 1. The van der Waals surface area contributed by atoms with Crippen LogP contribution in [0.1, 0.15) is 38.2 Å². The van der Waals surface area contributed by atoms with E-state index in [1.807, 2.05) is 54.0 Å². The molecule has 1 aliphatic rings. The summed E-state index contributed by atoms with van der Waals surface area (Å²) in [4.78, 5) is 13.8. The van der Waals surface area contributed by atoms with Gasteiger partial charge in [-0.1, -0.05) is 44.0 Å². The van der Waals surface area contributed by atoms with E-state index in [1.165, 1.54) is 6.42 Å². The number of aromatic nitrogens is 2. The minimum absolute atomic E-state index is 0.109. The third-order valence-corrected chi connectivity index (χ3v) is 6.49. The Morgan fingerprint density at radius 2 is 2.03 bits per heavy atom. The van der Waals surface area contributed by atoms with Crippen molar-refractivity contribution in [3.63, 3.8) is 0 Å². The van der Waals surface area contributed by atoms with Crippen molar-refractivity contribution in [1.82, 2.24) is 15.1 Å². The SMILES string of the molecule is C[C@H]1CCCC[C@@H]1NC(=O)/C(C#N)=C/c1cn(-c2ccccc2)nc1-c1cccs1. The average molecular weight is 417 g/mol. The predicted octanol–water partition coefficient (Wildman–Crippen LogP) is 5.20. The maximum Gasteiger partial charge on any atom is 0.262 e. The average Bonchev–Trinajstić information content (AvgIpc) is 3.44. The number of para-hydroxylation sites is 1. The largest absolute Gasteiger partial charge is 0.348 e. The van der Waals surface area contributed by atoms with E-state index in [0.717, 1.165) is 41.1 Å². The highest BCUT2D eigenvalue weighted by molar-refractivity contribution is 7.13. The molecule has 3 aromatic rings. The highest BCUT2D eigenvalue weighted by atomic mass is 32.1. The highest BCUT2D eigenvalue weighted by Crippen LogP contribution is 2.29. The Kier molecular flexibility index (Phi) is 6.10. The monoisotopic (exact) mass is 416 g/mol. The molecule has 0 spiro atoms. The van der Waals surface area contributed by atoms with E-state index in [2.05, 4.69) is 18.3 Å². The molecule has 0 unspecified atom stereocenters. The summed E-state index contributed by atoms with van der Waals surface area (Å²) in [5.74, 6) is 0.131. The number of carbonyl (C=O) groups excluding carboxylic acids is 1. The van der Waals surface area contributed by atoms with Gasteiger partial charge in [0.25, 0.3) is 5.91 Å². The van der Waals surface area contributed by atoms with Gasteiger partial charge >= 0.3 is 0 Å². The second kappa shape index (κ2) is 9.10. The Morgan fingerprint density at radius 1 is 1.23 bits per heavy atom. The van der Waals surface area contributed by atoms with Crippen LogP contribution in [0.3, 0.4) is 0 Å². The lowest BCUT2D eigenvalue weighted by Gasteiger charge is -2.29. The van der Waals surface area contributed by atoms with Gasteiger partial charge in [-0.05, 0) is 48.4 Å². The molecule has 30 heavy (non-hydrogen) atoms. The number of thiophene rings is 1. The number of nitriles is 1. The molecule has 4 rings (SSSR count). The maximum atomic E-state index is 12.8. The zero-order valence-electron chi connectivity index (χ0n) is 16.9. The minimum Gasteiger partial charge on any atom is -0.348 e. The lowest BCUT2D eigenvalue weighted by molar-refractivity contribution is -0.118. The molecule has 2 heterocycles. The van der Waals surface area contributed by atoms with Crippen LogP contribution in [0.25, 0.3) is 22.3 Å². The van der Waals surface area contributed by atoms with Crippen molar-refractivity contribution in [3.8, 4) is 22.3 Å². The molecule has 1 saturated carbocycles. The molecule has 0 aliphatic heterocycles. The summed E-state index contributed by atoms with van der Waals surface area (Å²) in [5.41, 5.74) is 2.55. The number of rotatable bonds is 5. The lowest BCUT2D eigenvalue weighted by Crippen LogP contribution is -2.41. The summed E-state index contributed by atoms with van der Waals surface area (Å²) in [5, 5.41) is 19.5. The van der Waals surface area contributed by atoms with Crippen LogP contribution < -0.4 is 5.32 Å². The molecule has 0 saturated heterocycles. The molecule has 1 N–H and O–H groups in total. The summed E-state index contributed by atoms with van der Waals surface area (Å²) in [6, 6.07) is 16.0. The molecule has 5 nitrogen and oxygen atoms in total. The third-order valence-electron chi connectivity index (χ3n) is 5.61. The molecule has 2 aromatic heterocycles. The minimum atomic E-state index is -0.305. The first-order valence-corrected chi connectivity index (χ1v) is 11.2. The molecular weight excluding hydrogens is 392 g/mol. The van der Waals surface area contributed by atoms with Crippen LogP contribution in [0, 0.1) is 17.2 Å². The fourth-order valence-corrected chi connectivity index (χ4v) is 4.62. The summed E-state index contributed by atoms with van der Waals surface area (Å²) >= 11 is 1.58. The summed E-state index contributed by atoms with van der Waals surface area (Å²) in [7, 11) is 0. The van der Waals surface area contributed by atoms with Gasteiger partial charge in [-0.15, -0.1) is 11.3 Å². The van der Waals surface area contributed by atoms with Crippen LogP contribution in [-0.2, 0) is 4.79 Å². The van der Waals surface area contributed by atoms with E-state index in [4.69, 9.17) is 5.10 Å². The van der Waals surface area contributed by atoms with Gasteiger partial charge in [0.2, 0.25) is 0 Å². The standard InChI is InChI=1S/C24H24N4OS/c1-17-8-5-6-11-21(17)26-24(29)18(15-25)14-19-16-28(20-9-3-2-4-10-20)27-23(19)22-12-7-13-30-22/h2-4,7,9-10,12-14,16-17,21H,5-6,8,11H2,1H3,(H,26,29)/b18-14+/t17-,21-/m0/s1. The van der Waals surface area contributed by atoms with Gasteiger partial charge in [0.05, 0.1) is 10.6 Å². The van der Waals surface area contributed by atoms with Crippen molar-refractivity contribution in [2.75, 3.05) is 0 Å². The van der Waals surface area contributed by atoms with Crippen LogP contribution in [0.4, 0.5) is 0 Å². The van der Waals surface area contributed by atoms with Crippen LogP contribution in [0.5, 0.6) is 0 Å². The second-order valence-electron chi connectivity index (χ2n) is 7.70. The van der Waals surface area contributed by atoms with Crippen molar-refractivity contribution >= 4 is 23.3 Å². The highest BCUT2D eigenvalue weighted by Gasteiger charge is 2.24. The molecule has 0 bridgehead atoms. The molecular formula is C24H24N4OS. The Balaban J connectivity index is 1.67. The van der Waals surface area contributed by atoms with Crippen molar-refractivity contribution in [2.24, 2.45) is 5.92 Å². The van der Waals surface area contributed by atoms with Gasteiger partial charge in [0.1, 0.15) is 17.3 Å². The predicted molar refractivity (Wildman–Crippen MR) is 120 cm³/mol. The van der Waals surface area contributed by atoms with E-state index in [9.17, 15) is 10.1 Å². The fraction of sp³-hybridized carbons (Fsp3) is 0.292. The summed E-state index contributed by atoms with van der Waals surface area (Å²) in [6.45, 7) is 2.17. The Bertz CT molecular complexity index is 1080. The van der Waals surface area contributed by atoms with Crippen LogP contribution in [0.2, 0.25) is 0 Å². The molecule has 6 heteroatoms. The summed E-state index contributed by atoms with van der Waals surface area (Å²) < 4.78 is 1.79. The molecule has 1 aliphatic carbocycles. The first-order valence-electron chi connectivity index (χ1n) is 10.3. The Morgan fingerprint density at radius 3 is 2.73 bits per heavy atom. The van der Waals surface area contributed by atoms with Crippen molar-refractivity contribution in [3.05, 3.63) is 65.2 Å². The molecule has 1 fully saturated rings. The smallest absolute Gasteiger partial charge is 0.262 e. The van der Waals surface area contributed by atoms with Gasteiger partial charge in [-0.3, -0.25) is 4.79 Å². The Labute approximate surface area is 180 Å². The van der Waals surface area contributed by atoms with E-state index in [0.29, 0.717) is 5.92 Å². The molecule has 1 aromatic carbocycles.